The predicted octanol–water partition coefficient (Wildman–Crippen LogP) is 3.44. The number of aryl methyl sites for hydroxylation is 1. The molecule has 2 heterocycles. The van der Waals surface area contributed by atoms with Crippen molar-refractivity contribution in [3.05, 3.63) is 16.2 Å². The van der Waals surface area contributed by atoms with Gasteiger partial charge in [-0.05, 0) is 38.4 Å². The minimum atomic E-state index is 0.0828. The zero-order valence-corrected chi connectivity index (χ0v) is 10.3. The maximum absolute atomic E-state index is 5.82. The Balaban J connectivity index is 2.59. The molecule has 5 heteroatoms. The molecule has 3 nitrogen and oxygen atoms in total. The van der Waals surface area contributed by atoms with E-state index in [2.05, 4.69) is 9.97 Å². The molecule has 2 rings (SSSR count). The van der Waals surface area contributed by atoms with E-state index in [0.29, 0.717) is 5.88 Å². The van der Waals surface area contributed by atoms with Gasteiger partial charge in [0.05, 0.1) is 11.5 Å². The van der Waals surface area contributed by atoms with E-state index in [-0.39, 0.29) is 11.4 Å². The highest BCUT2D eigenvalue weighted by Crippen LogP contribution is 2.31. The van der Waals surface area contributed by atoms with Crippen molar-refractivity contribution in [1.82, 2.24) is 9.97 Å². The highest BCUT2D eigenvalue weighted by Gasteiger charge is 2.11. The van der Waals surface area contributed by atoms with Crippen molar-refractivity contribution in [3.63, 3.8) is 0 Å². The predicted molar refractivity (Wildman–Crippen MR) is 62.9 cm³/mol. The van der Waals surface area contributed by atoms with E-state index in [1.807, 2.05) is 26.8 Å². The van der Waals surface area contributed by atoms with Gasteiger partial charge in [-0.25, -0.2) is 4.98 Å². The van der Waals surface area contributed by atoms with Crippen molar-refractivity contribution in [2.24, 2.45) is 0 Å². The first-order valence-electron chi connectivity index (χ1n) is 4.66. The second-order valence-electron chi connectivity index (χ2n) is 3.54. The van der Waals surface area contributed by atoms with Crippen LogP contribution in [0.2, 0.25) is 5.28 Å². The van der Waals surface area contributed by atoms with Crippen molar-refractivity contribution in [2.75, 3.05) is 0 Å². The standard InChI is InChI=1S/C10H11ClN2OS/c1-5(2)14-8-7-4-6(3)15-9(7)13-10(11)12-8/h4-5H,1-3H3. The van der Waals surface area contributed by atoms with Gasteiger partial charge in [0.25, 0.3) is 0 Å². The first kappa shape index (κ1) is 10.6. The van der Waals surface area contributed by atoms with E-state index in [1.54, 1.807) is 11.3 Å². The molecule has 0 amide bonds. The van der Waals surface area contributed by atoms with E-state index < -0.39 is 0 Å². The lowest BCUT2D eigenvalue weighted by molar-refractivity contribution is 0.236. The van der Waals surface area contributed by atoms with Crippen LogP contribution in [0.3, 0.4) is 0 Å². The van der Waals surface area contributed by atoms with Crippen molar-refractivity contribution < 1.29 is 4.74 Å². The van der Waals surface area contributed by atoms with Gasteiger partial charge in [-0.15, -0.1) is 11.3 Å². The number of hydrogen-bond donors (Lipinski definition) is 0. The van der Waals surface area contributed by atoms with Gasteiger partial charge in [-0.1, -0.05) is 0 Å². The van der Waals surface area contributed by atoms with Crippen LogP contribution in [0.25, 0.3) is 10.2 Å². The summed E-state index contributed by atoms with van der Waals surface area (Å²) < 4.78 is 5.59. The minimum Gasteiger partial charge on any atom is -0.474 e. The lowest BCUT2D eigenvalue weighted by Crippen LogP contribution is -2.07. The summed E-state index contributed by atoms with van der Waals surface area (Å²) in [7, 11) is 0. The van der Waals surface area contributed by atoms with Crippen molar-refractivity contribution in [2.45, 2.75) is 26.9 Å². The van der Waals surface area contributed by atoms with Gasteiger partial charge in [-0.3, -0.25) is 0 Å². The molecular formula is C10H11ClN2OS. The summed E-state index contributed by atoms with van der Waals surface area (Å²) in [5, 5.41) is 1.18. The third kappa shape index (κ3) is 2.21. The Bertz CT molecular complexity index is 495. The molecule has 0 N–H and O–H groups in total. The van der Waals surface area contributed by atoms with E-state index in [9.17, 15) is 0 Å². The number of nitrogens with zero attached hydrogens (tertiary/aromatic N) is 2. The summed E-state index contributed by atoms with van der Waals surface area (Å²) in [5.74, 6) is 0.573. The molecule has 0 fully saturated rings. The van der Waals surface area contributed by atoms with E-state index in [1.165, 1.54) is 4.88 Å². The van der Waals surface area contributed by atoms with Crippen molar-refractivity contribution in [1.29, 1.82) is 0 Å². The van der Waals surface area contributed by atoms with Crippen LogP contribution in [-0.2, 0) is 0 Å². The average molecular weight is 243 g/mol. The van der Waals surface area contributed by atoms with Gasteiger partial charge in [0, 0.05) is 4.88 Å². The van der Waals surface area contributed by atoms with Gasteiger partial charge in [0.1, 0.15) is 4.83 Å². The fourth-order valence-corrected chi connectivity index (χ4v) is 2.39. The smallest absolute Gasteiger partial charge is 0.227 e. The molecule has 0 saturated heterocycles. The fraction of sp³-hybridized carbons (Fsp3) is 0.400. The van der Waals surface area contributed by atoms with E-state index in [4.69, 9.17) is 16.3 Å². The van der Waals surface area contributed by atoms with Crippen LogP contribution in [0.5, 0.6) is 5.88 Å². The summed E-state index contributed by atoms with van der Waals surface area (Å²) in [6.45, 7) is 5.95. The highest BCUT2D eigenvalue weighted by atomic mass is 35.5. The number of hydrogen-bond acceptors (Lipinski definition) is 4. The summed E-state index contributed by atoms with van der Waals surface area (Å²) >= 11 is 7.41. The molecule has 0 aliphatic rings. The third-order valence-electron chi connectivity index (χ3n) is 1.80. The van der Waals surface area contributed by atoms with Crippen molar-refractivity contribution in [3.8, 4) is 5.88 Å². The molecular weight excluding hydrogens is 232 g/mol. The van der Waals surface area contributed by atoms with Crippen LogP contribution in [0.15, 0.2) is 6.07 Å². The summed E-state index contributed by atoms with van der Waals surface area (Å²) in [6.07, 6.45) is 0.0828. The molecule has 0 saturated carbocycles. The Hall–Kier alpha value is -0.870. The number of fused-ring (bicyclic) bond motifs is 1. The maximum atomic E-state index is 5.82. The second kappa shape index (κ2) is 3.94. The van der Waals surface area contributed by atoms with Crippen LogP contribution in [0.1, 0.15) is 18.7 Å². The molecule has 0 aliphatic heterocycles. The number of aromatic nitrogens is 2. The van der Waals surface area contributed by atoms with Crippen LogP contribution in [-0.4, -0.2) is 16.1 Å². The SMILES string of the molecule is Cc1cc2c(OC(C)C)nc(Cl)nc2s1. The normalized spacial score (nSPS) is 11.3. The fourth-order valence-electron chi connectivity index (χ4n) is 1.30. The Kier molecular flexibility index (Phi) is 2.80. The molecule has 2 aromatic heterocycles. The molecule has 0 radical (unpaired) electrons. The number of halogens is 1. The number of thiophene rings is 1. The number of rotatable bonds is 2. The van der Waals surface area contributed by atoms with Crippen LogP contribution in [0, 0.1) is 6.92 Å². The van der Waals surface area contributed by atoms with E-state index >= 15 is 0 Å². The largest absolute Gasteiger partial charge is 0.474 e. The molecule has 0 spiro atoms. The zero-order valence-electron chi connectivity index (χ0n) is 8.74. The summed E-state index contributed by atoms with van der Waals surface area (Å²) in [5.41, 5.74) is 0. The monoisotopic (exact) mass is 242 g/mol. The quantitative estimate of drug-likeness (QED) is 0.757. The number of ether oxygens (including phenoxy) is 1. The summed E-state index contributed by atoms with van der Waals surface area (Å²) in [4.78, 5) is 10.3. The first-order chi connectivity index (χ1) is 7.06. The molecule has 80 valence electrons. The van der Waals surface area contributed by atoms with Crippen molar-refractivity contribution >= 4 is 33.2 Å². The summed E-state index contributed by atoms with van der Waals surface area (Å²) in [6, 6.07) is 2.02. The zero-order chi connectivity index (χ0) is 11.0. The highest BCUT2D eigenvalue weighted by molar-refractivity contribution is 7.18. The Labute approximate surface area is 97.1 Å². The Morgan fingerprint density at radius 1 is 1.40 bits per heavy atom. The second-order valence-corrected chi connectivity index (χ2v) is 5.11. The van der Waals surface area contributed by atoms with Gasteiger partial charge >= 0.3 is 0 Å². The Morgan fingerprint density at radius 2 is 2.13 bits per heavy atom. The molecule has 0 aliphatic carbocycles. The third-order valence-corrected chi connectivity index (χ3v) is 2.91. The molecule has 2 aromatic rings. The lowest BCUT2D eigenvalue weighted by Gasteiger charge is -2.09. The lowest BCUT2D eigenvalue weighted by atomic mass is 10.3. The van der Waals surface area contributed by atoms with Gasteiger partial charge in [0.2, 0.25) is 11.2 Å². The van der Waals surface area contributed by atoms with E-state index in [0.717, 1.165) is 10.2 Å². The van der Waals surface area contributed by atoms with Gasteiger partial charge < -0.3 is 4.74 Å². The minimum absolute atomic E-state index is 0.0828. The molecule has 0 bridgehead atoms. The van der Waals surface area contributed by atoms with Crippen LogP contribution in [0.4, 0.5) is 0 Å². The maximum Gasteiger partial charge on any atom is 0.227 e. The van der Waals surface area contributed by atoms with Crippen LogP contribution >= 0.6 is 22.9 Å². The first-order valence-corrected chi connectivity index (χ1v) is 5.86. The van der Waals surface area contributed by atoms with Gasteiger partial charge in [-0.2, -0.15) is 4.98 Å². The molecule has 0 unspecified atom stereocenters. The van der Waals surface area contributed by atoms with Crippen LogP contribution < -0.4 is 4.74 Å². The molecule has 15 heavy (non-hydrogen) atoms. The Morgan fingerprint density at radius 3 is 2.80 bits per heavy atom. The average Bonchev–Trinajstić information content (AvgIpc) is 2.44. The molecule has 0 aromatic carbocycles. The molecule has 0 atom stereocenters. The van der Waals surface area contributed by atoms with Gasteiger partial charge in [0.15, 0.2) is 0 Å². The topological polar surface area (TPSA) is 35.0 Å².